The second-order valence-corrected chi connectivity index (χ2v) is 9.25. The number of amidine groups is 1. The van der Waals surface area contributed by atoms with Crippen molar-refractivity contribution >= 4 is 38.4 Å². The fourth-order valence-electron chi connectivity index (χ4n) is 2.68. The number of nitrogens with zero attached hydrogens (tertiary/aromatic N) is 2. The molecule has 2 fully saturated rings. The molecule has 2 aliphatic heterocycles. The predicted octanol–water partition coefficient (Wildman–Crippen LogP) is 1.94. The zero-order valence-electron chi connectivity index (χ0n) is 12.5. The summed E-state index contributed by atoms with van der Waals surface area (Å²) in [6, 6.07) is 9.41. The Kier molecular flexibility index (Phi) is 4.03. The lowest BCUT2D eigenvalue weighted by molar-refractivity contribution is -0.120. The topological polar surface area (TPSA) is 66.8 Å². The van der Waals surface area contributed by atoms with Gasteiger partial charge in [0.05, 0.1) is 17.5 Å². The van der Waals surface area contributed by atoms with Crippen LogP contribution >= 0.6 is 11.8 Å². The van der Waals surface area contributed by atoms with Gasteiger partial charge in [0, 0.05) is 16.9 Å². The van der Waals surface area contributed by atoms with Crippen molar-refractivity contribution in [2.45, 2.75) is 25.1 Å². The lowest BCUT2D eigenvalue weighted by Gasteiger charge is -2.24. The van der Waals surface area contributed by atoms with Crippen LogP contribution in [0.5, 0.6) is 0 Å². The summed E-state index contributed by atoms with van der Waals surface area (Å²) in [6.07, 6.45) is 0. The van der Waals surface area contributed by atoms with E-state index in [9.17, 15) is 13.2 Å². The van der Waals surface area contributed by atoms with E-state index in [0.717, 1.165) is 5.69 Å². The van der Waals surface area contributed by atoms with Crippen LogP contribution < -0.4 is 4.90 Å². The number of carbonyl (C=O) groups excluding carboxylic acids is 1. The van der Waals surface area contributed by atoms with Gasteiger partial charge >= 0.3 is 0 Å². The normalized spacial score (nSPS) is 28.3. The summed E-state index contributed by atoms with van der Waals surface area (Å²) in [5.41, 5.74) is 0.884. The van der Waals surface area contributed by atoms with Crippen LogP contribution in [-0.2, 0) is 14.6 Å². The van der Waals surface area contributed by atoms with Crippen molar-refractivity contribution in [3.05, 3.63) is 30.3 Å². The first-order chi connectivity index (χ1) is 10.4. The molecule has 1 aromatic rings. The third-order valence-corrected chi connectivity index (χ3v) is 7.01. The summed E-state index contributed by atoms with van der Waals surface area (Å²) >= 11 is 1.41. The first kappa shape index (κ1) is 15.6. The standard InChI is InChI=1S/C15H18N2O3S2/c1-10(2)14(18)16-15-17(11-6-4-3-5-7-11)12-8-22(19,20)9-13(12)21-15/h3-7,10,12-13H,8-9H2,1-2H3/t12-,13-/m0/s1. The Balaban J connectivity index is 2.00. The van der Waals surface area contributed by atoms with Crippen LogP contribution in [0, 0.1) is 5.92 Å². The summed E-state index contributed by atoms with van der Waals surface area (Å²) in [5.74, 6) is -0.0733. The molecular weight excluding hydrogens is 320 g/mol. The van der Waals surface area contributed by atoms with Crippen molar-refractivity contribution in [3.8, 4) is 0 Å². The van der Waals surface area contributed by atoms with E-state index >= 15 is 0 Å². The Bertz CT molecular complexity index is 714. The van der Waals surface area contributed by atoms with E-state index in [4.69, 9.17) is 0 Å². The highest BCUT2D eigenvalue weighted by Crippen LogP contribution is 2.40. The first-order valence-corrected chi connectivity index (χ1v) is 9.91. The van der Waals surface area contributed by atoms with Crippen LogP contribution in [-0.4, -0.2) is 42.3 Å². The van der Waals surface area contributed by atoms with Gasteiger partial charge in [-0.2, -0.15) is 4.99 Å². The lowest BCUT2D eigenvalue weighted by Crippen LogP contribution is -2.37. The molecule has 7 heteroatoms. The van der Waals surface area contributed by atoms with Crippen LogP contribution in [0.15, 0.2) is 35.3 Å². The van der Waals surface area contributed by atoms with Crippen LogP contribution in [0.25, 0.3) is 0 Å². The highest BCUT2D eigenvalue weighted by molar-refractivity contribution is 8.16. The number of aliphatic imine (C=N–C) groups is 1. The van der Waals surface area contributed by atoms with Crippen LogP contribution in [0.1, 0.15) is 13.8 Å². The largest absolute Gasteiger partial charge is 0.316 e. The predicted molar refractivity (Wildman–Crippen MR) is 90.0 cm³/mol. The van der Waals surface area contributed by atoms with Gasteiger partial charge in [0.15, 0.2) is 15.0 Å². The minimum atomic E-state index is -3.02. The quantitative estimate of drug-likeness (QED) is 0.824. The van der Waals surface area contributed by atoms with Gasteiger partial charge in [0.25, 0.3) is 5.91 Å². The second kappa shape index (κ2) is 5.70. The van der Waals surface area contributed by atoms with Gasteiger partial charge in [-0.1, -0.05) is 43.8 Å². The summed E-state index contributed by atoms with van der Waals surface area (Å²) < 4.78 is 23.8. The maximum atomic E-state index is 12.0. The molecule has 1 amide bonds. The van der Waals surface area contributed by atoms with Gasteiger partial charge in [-0.3, -0.25) is 4.79 Å². The van der Waals surface area contributed by atoms with Crippen molar-refractivity contribution in [2.75, 3.05) is 16.4 Å². The first-order valence-electron chi connectivity index (χ1n) is 7.21. The zero-order valence-corrected chi connectivity index (χ0v) is 14.1. The van der Waals surface area contributed by atoms with E-state index in [1.54, 1.807) is 0 Å². The molecule has 2 aliphatic rings. The van der Waals surface area contributed by atoms with Gasteiger partial charge in [-0.05, 0) is 12.1 Å². The van der Waals surface area contributed by atoms with Gasteiger partial charge in [0.2, 0.25) is 0 Å². The molecule has 0 saturated carbocycles. The van der Waals surface area contributed by atoms with Crippen molar-refractivity contribution in [1.82, 2.24) is 0 Å². The van der Waals surface area contributed by atoms with E-state index in [1.165, 1.54) is 11.8 Å². The minimum absolute atomic E-state index is 0.0519. The van der Waals surface area contributed by atoms with Gasteiger partial charge in [-0.15, -0.1) is 0 Å². The smallest absolute Gasteiger partial charge is 0.250 e. The Hall–Kier alpha value is -1.34. The lowest BCUT2D eigenvalue weighted by atomic mass is 10.2. The molecule has 0 radical (unpaired) electrons. The zero-order chi connectivity index (χ0) is 15.9. The number of rotatable bonds is 2. The molecule has 1 aromatic carbocycles. The van der Waals surface area contributed by atoms with Gasteiger partial charge in [-0.25, -0.2) is 8.42 Å². The molecule has 0 spiro atoms. The molecule has 2 saturated heterocycles. The van der Waals surface area contributed by atoms with Gasteiger partial charge in [0.1, 0.15) is 0 Å². The number of amides is 1. The van der Waals surface area contributed by atoms with Crippen LogP contribution in [0.3, 0.4) is 0 Å². The minimum Gasteiger partial charge on any atom is -0.316 e. The van der Waals surface area contributed by atoms with Crippen LogP contribution in [0.4, 0.5) is 5.69 Å². The van der Waals surface area contributed by atoms with E-state index < -0.39 is 9.84 Å². The molecule has 0 bridgehead atoms. The number of benzene rings is 1. The van der Waals surface area contributed by atoms with E-state index in [1.807, 2.05) is 49.1 Å². The summed E-state index contributed by atoms with van der Waals surface area (Å²) in [4.78, 5) is 18.1. The van der Waals surface area contributed by atoms with E-state index in [-0.39, 0.29) is 34.6 Å². The SMILES string of the molecule is CC(C)C(=O)N=C1S[C@H]2CS(=O)(=O)C[C@@H]2N1c1ccccc1. The Morgan fingerprint density at radius 2 is 1.95 bits per heavy atom. The number of hydrogen-bond acceptors (Lipinski definition) is 4. The molecule has 0 unspecified atom stereocenters. The number of carbonyl (C=O) groups is 1. The molecule has 0 N–H and O–H groups in total. The highest BCUT2D eigenvalue weighted by atomic mass is 32.2. The van der Waals surface area contributed by atoms with Crippen molar-refractivity contribution < 1.29 is 13.2 Å². The Morgan fingerprint density at radius 3 is 2.59 bits per heavy atom. The average molecular weight is 338 g/mol. The number of sulfone groups is 1. The van der Waals surface area contributed by atoms with E-state index in [0.29, 0.717) is 5.17 Å². The molecule has 3 rings (SSSR count). The molecule has 0 aliphatic carbocycles. The number of anilines is 1. The van der Waals surface area contributed by atoms with Gasteiger partial charge < -0.3 is 4.90 Å². The fourth-order valence-corrected chi connectivity index (χ4v) is 6.60. The number of thioether (sulfide) groups is 1. The molecule has 22 heavy (non-hydrogen) atoms. The number of fused-ring (bicyclic) bond motifs is 1. The Labute approximate surface area is 134 Å². The molecular formula is C15H18N2O3S2. The third-order valence-electron chi connectivity index (χ3n) is 3.80. The van der Waals surface area contributed by atoms with Crippen LogP contribution in [0.2, 0.25) is 0 Å². The number of hydrogen-bond donors (Lipinski definition) is 0. The summed E-state index contributed by atoms with van der Waals surface area (Å²) in [5, 5.41) is 0.568. The Morgan fingerprint density at radius 1 is 1.27 bits per heavy atom. The molecule has 5 nitrogen and oxygen atoms in total. The highest BCUT2D eigenvalue weighted by Gasteiger charge is 2.49. The maximum Gasteiger partial charge on any atom is 0.250 e. The van der Waals surface area contributed by atoms with E-state index in [2.05, 4.69) is 4.99 Å². The third kappa shape index (κ3) is 2.92. The van der Waals surface area contributed by atoms with Crippen molar-refractivity contribution in [2.24, 2.45) is 10.9 Å². The van der Waals surface area contributed by atoms with Crippen molar-refractivity contribution in [3.63, 3.8) is 0 Å². The molecule has 118 valence electrons. The monoisotopic (exact) mass is 338 g/mol. The molecule has 2 heterocycles. The van der Waals surface area contributed by atoms with Crippen molar-refractivity contribution in [1.29, 1.82) is 0 Å². The molecule has 0 aromatic heterocycles. The molecule has 2 atom stereocenters. The summed E-state index contributed by atoms with van der Waals surface area (Å²) in [6.45, 7) is 3.62. The summed E-state index contributed by atoms with van der Waals surface area (Å²) in [7, 11) is -3.02. The maximum absolute atomic E-state index is 12.0. The second-order valence-electron chi connectivity index (χ2n) is 5.89. The fraction of sp³-hybridized carbons (Fsp3) is 0.467. The number of para-hydroxylation sites is 1. The average Bonchev–Trinajstić information content (AvgIpc) is 2.90.